The molecule has 0 fully saturated rings. The second-order valence-electron chi connectivity index (χ2n) is 4.23. The van der Waals surface area contributed by atoms with Crippen LogP contribution in [0.4, 0.5) is 10.5 Å². The van der Waals surface area contributed by atoms with Crippen molar-refractivity contribution >= 4 is 17.6 Å². The van der Waals surface area contributed by atoms with Gasteiger partial charge in [-0.25, -0.2) is 4.79 Å². The van der Waals surface area contributed by atoms with Gasteiger partial charge in [-0.1, -0.05) is 30.3 Å². The molecule has 0 saturated carbocycles. The fourth-order valence-electron chi connectivity index (χ4n) is 1.72. The Bertz CT molecular complexity index is 594. The monoisotopic (exact) mass is 269 g/mol. The van der Waals surface area contributed by atoms with Gasteiger partial charge in [0, 0.05) is 17.8 Å². The molecule has 3 amide bonds. The van der Waals surface area contributed by atoms with E-state index in [2.05, 4.69) is 10.6 Å². The standard InChI is InChI=1S/C15H15N3O2/c16-15(20)18-13-8-6-11(7-9-13)10-17-14(19)12-4-2-1-3-5-12/h1-9H,10H2,(H,17,19)(H3,16,18,20). The Hall–Kier alpha value is -2.82. The van der Waals surface area contributed by atoms with Gasteiger partial charge in [0.15, 0.2) is 0 Å². The molecule has 0 aliphatic carbocycles. The van der Waals surface area contributed by atoms with Crippen molar-refractivity contribution in [2.75, 3.05) is 5.32 Å². The number of nitrogens with two attached hydrogens (primary N) is 1. The molecule has 0 aliphatic heterocycles. The van der Waals surface area contributed by atoms with E-state index < -0.39 is 6.03 Å². The van der Waals surface area contributed by atoms with Crippen LogP contribution in [0.2, 0.25) is 0 Å². The minimum Gasteiger partial charge on any atom is -0.351 e. The first kappa shape index (κ1) is 13.6. The zero-order chi connectivity index (χ0) is 14.4. The quantitative estimate of drug-likeness (QED) is 0.794. The van der Waals surface area contributed by atoms with Gasteiger partial charge >= 0.3 is 6.03 Å². The number of nitrogens with one attached hydrogen (secondary N) is 2. The van der Waals surface area contributed by atoms with Gasteiger partial charge in [-0.3, -0.25) is 4.79 Å². The first-order chi connectivity index (χ1) is 9.65. The largest absolute Gasteiger partial charge is 0.351 e. The van der Waals surface area contributed by atoms with Crippen LogP contribution in [0.15, 0.2) is 54.6 Å². The molecular formula is C15H15N3O2. The van der Waals surface area contributed by atoms with Gasteiger partial charge in [-0.2, -0.15) is 0 Å². The summed E-state index contributed by atoms with van der Waals surface area (Å²) in [6.45, 7) is 0.421. The fourth-order valence-corrected chi connectivity index (χ4v) is 1.72. The normalized spacial score (nSPS) is 9.80. The SMILES string of the molecule is NC(=O)Nc1ccc(CNC(=O)c2ccccc2)cc1. The molecule has 2 aromatic rings. The summed E-state index contributed by atoms with van der Waals surface area (Å²) in [5, 5.41) is 5.30. The van der Waals surface area contributed by atoms with E-state index in [1.165, 1.54) is 0 Å². The molecule has 0 aliphatic rings. The lowest BCUT2D eigenvalue weighted by atomic mass is 10.2. The van der Waals surface area contributed by atoms with Crippen LogP contribution < -0.4 is 16.4 Å². The van der Waals surface area contributed by atoms with E-state index in [4.69, 9.17) is 5.73 Å². The molecule has 0 radical (unpaired) electrons. The van der Waals surface area contributed by atoms with E-state index in [0.29, 0.717) is 17.8 Å². The van der Waals surface area contributed by atoms with E-state index in [0.717, 1.165) is 5.56 Å². The number of rotatable bonds is 4. The number of hydrogen-bond acceptors (Lipinski definition) is 2. The topological polar surface area (TPSA) is 84.2 Å². The number of anilines is 1. The molecular weight excluding hydrogens is 254 g/mol. The first-order valence-electron chi connectivity index (χ1n) is 6.14. The summed E-state index contributed by atoms with van der Waals surface area (Å²) >= 11 is 0. The Balaban J connectivity index is 1.91. The maximum atomic E-state index is 11.8. The highest BCUT2D eigenvalue weighted by Crippen LogP contribution is 2.09. The van der Waals surface area contributed by atoms with E-state index in [1.54, 1.807) is 24.3 Å². The highest BCUT2D eigenvalue weighted by atomic mass is 16.2. The fraction of sp³-hybridized carbons (Fsp3) is 0.0667. The van der Waals surface area contributed by atoms with Crippen molar-refractivity contribution in [3.05, 3.63) is 65.7 Å². The van der Waals surface area contributed by atoms with E-state index >= 15 is 0 Å². The maximum absolute atomic E-state index is 11.8. The van der Waals surface area contributed by atoms with Crippen molar-refractivity contribution in [3.63, 3.8) is 0 Å². The maximum Gasteiger partial charge on any atom is 0.316 e. The molecule has 0 aromatic heterocycles. The summed E-state index contributed by atoms with van der Waals surface area (Å²) in [5.41, 5.74) is 7.20. The summed E-state index contributed by atoms with van der Waals surface area (Å²) in [6, 6.07) is 15.5. The van der Waals surface area contributed by atoms with Crippen molar-refractivity contribution < 1.29 is 9.59 Å². The van der Waals surface area contributed by atoms with Gasteiger partial charge in [0.1, 0.15) is 0 Å². The Morgan fingerprint density at radius 2 is 1.60 bits per heavy atom. The second kappa shape index (κ2) is 6.38. The number of benzene rings is 2. The molecule has 0 bridgehead atoms. The van der Waals surface area contributed by atoms with Gasteiger partial charge in [-0.05, 0) is 29.8 Å². The molecule has 5 heteroatoms. The van der Waals surface area contributed by atoms with E-state index in [9.17, 15) is 9.59 Å². The van der Waals surface area contributed by atoms with Gasteiger partial charge in [-0.15, -0.1) is 0 Å². The van der Waals surface area contributed by atoms with Crippen LogP contribution in [0.5, 0.6) is 0 Å². The Morgan fingerprint density at radius 1 is 0.950 bits per heavy atom. The van der Waals surface area contributed by atoms with Crippen LogP contribution in [0.3, 0.4) is 0 Å². The Labute approximate surface area is 116 Å². The van der Waals surface area contributed by atoms with Crippen molar-refractivity contribution in [1.82, 2.24) is 5.32 Å². The number of primary amides is 1. The number of hydrogen-bond donors (Lipinski definition) is 3. The number of amides is 3. The molecule has 0 heterocycles. The first-order valence-corrected chi connectivity index (χ1v) is 6.14. The van der Waals surface area contributed by atoms with Gasteiger partial charge in [0.25, 0.3) is 5.91 Å². The Kier molecular flexibility index (Phi) is 4.34. The zero-order valence-corrected chi connectivity index (χ0v) is 10.8. The summed E-state index contributed by atoms with van der Waals surface area (Å²) in [5.74, 6) is -0.120. The van der Waals surface area contributed by atoms with Crippen LogP contribution >= 0.6 is 0 Å². The smallest absolute Gasteiger partial charge is 0.316 e. The summed E-state index contributed by atoms with van der Waals surface area (Å²) in [6.07, 6.45) is 0. The molecule has 102 valence electrons. The number of urea groups is 1. The van der Waals surface area contributed by atoms with Gasteiger partial charge in [0.2, 0.25) is 0 Å². The second-order valence-corrected chi connectivity index (χ2v) is 4.23. The molecule has 0 spiro atoms. The van der Waals surface area contributed by atoms with E-state index in [-0.39, 0.29) is 5.91 Å². The van der Waals surface area contributed by atoms with Gasteiger partial charge < -0.3 is 16.4 Å². The molecule has 0 atom stereocenters. The van der Waals surface area contributed by atoms with Crippen molar-refractivity contribution in [2.24, 2.45) is 5.73 Å². The third-order valence-corrected chi connectivity index (χ3v) is 2.71. The molecule has 5 nitrogen and oxygen atoms in total. The van der Waals surface area contributed by atoms with Crippen molar-refractivity contribution in [2.45, 2.75) is 6.54 Å². The third-order valence-electron chi connectivity index (χ3n) is 2.71. The highest BCUT2D eigenvalue weighted by molar-refractivity contribution is 5.94. The summed E-state index contributed by atoms with van der Waals surface area (Å²) < 4.78 is 0. The summed E-state index contributed by atoms with van der Waals surface area (Å²) in [7, 11) is 0. The third kappa shape index (κ3) is 3.84. The molecule has 0 unspecified atom stereocenters. The van der Waals surface area contributed by atoms with Crippen molar-refractivity contribution in [3.8, 4) is 0 Å². The van der Waals surface area contributed by atoms with Crippen molar-refractivity contribution in [1.29, 1.82) is 0 Å². The molecule has 4 N–H and O–H groups in total. The molecule has 2 rings (SSSR count). The molecule has 20 heavy (non-hydrogen) atoms. The minimum atomic E-state index is -0.602. The lowest BCUT2D eigenvalue weighted by Gasteiger charge is -2.06. The summed E-state index contributed by atoms with van der Waals surface area (Å²) in [4.78, 5) is 22.5. The van der Waals surface area contributed by atoms with Crippen LogP contribution in [-0.2, 0) is 6.54 Å². The van der Waals surface area contributed by atoms with Crippen LogP contribution in [-0.4, -0.2) is 11.9 Å². The number of carbonyl (C=O) groups excluding carboxylic acids is 2. The number of carbonyl (C=O) groups is 2. The lowest BCUT2D eigenvalue weighted by Crippen LogP contribution is -2.22. The average molecular weight is 269 g/mol. The molecule has 0 saturated heterocycles. The van der Waals surface area contributed by atoms with Crippen LogP contribution in [0.25, 0.3) is 0 Å². The minimum absolute atomic E-state index is 0.120. The average Bonchev–Trinajstić information content (AvgIpc) is 2.46. The zero-order valence-electron chi connectivity index (χ0n) is 10.8. The highest BCUT2D eigenvalue weighted by Gasteiger charge is 2.04. The van der Waals surface area contributed by atoms with Crippen LogP contribution in [0, 0.1) is 0 Å². The predicted molar refractivity (Wildman–Crippen MR) is 77.3 cm³/mol. The van der Waals surface area contributed by atoms with Crippen LogP contribution in [0.1, 0.15) is 15.9 Å². The van der Waals surface area contributed by atoms with E-state index in [1.807, 2.05) is 30.3 Å². The van der Waals surface area contributed by atoms with Gasteiger partial charge in [0.05, 0.1) is 0 Å². The molecule has 2 aromatic carbocycles. The predicted octanol–water partition coefficient (Wildman–Crippen LogP) is 2.11. The Morgan fingerprint density at radius 3 is 2.20 bits per heavy atom. The lowest BCUT2D eigenvalue weighted by molar-refractivity contribution is 0.0951.